The summed E-state index contributed by atoms with van der Waals surface area (Å²) in [7, 11) is 4.24. The van der Waals surface area contributed by atoms with Crippen LogP contribution in [-0.2, 0) is 29.0 Å². The van der Waals surface area contributed by atoms with E-state index in [1.54, 1.807) is 11.3 Å². The molecule has 3 aromatic rings. The number of hydrogen-bond acceptors (Lipinski definition) is 5. The number of carbonyl (C=O) groups is 2. The molecular formula is C24H29N4O3S+. The predicted molar refractivity (Wildman–Crippen MR) is 126 cm³/mol. The lowest BCUT2D eigenvalue weighted by Gasteiger charge is -2.25. The monoisotopic (exact) mass is 453 g/mol. The molecule has 0 bridgehead atoms. The number of nitrogens with zero attached hydrogens (tertiary/aromatic N) is 1. The number of carboxylic acids is 1. The van der Waals surface area contributed by atoms with Crippen molar-refractivity contribution in [2.75, 3.05) is 32.5 Å². The first kappa shape index (κ1) is 22.2. The SMILES string of the molecule is C[NH+](C)CCNc1ccc2sc(CNC(=O)C3(CC(=O)O)Cc4ccccc4C3)nc2c1. The van der Waals surface area contributed by atoms with Crippen LogP contribution in [0.25, 0.3) is 10.2 Å². The molecule has 0 saturated heterocycles. The van der Waals surface area contributed by atoms with Gasteiger partial charge in [-0.2, -0.15) is 0 Å². The minimum Gasteiger partial charge on any atom is -0.481 e. The number of carbonyl (C=O) groups excluding carboxylic acids is 1. The van der Waals surface area contributed by atoms with Crippen LogP contribution in [0.1, 0.15) is 22.6 Å². The molecule has 8 heteroatoms. The summed E-state index contributed by atoms with van der Waals surface area (Å²) in [4.78, 5) is 30.8. The maximum absolute atomic E-state index is 13.2. The van der Waals surface area contributed by atoms with Gasteiger partial charge in [-0.05, 0) is 42.2 Å². The average molecular weight is 454 g/mol. The third kappa shape index (κ3) is 4.92. The molecule has 168 valence electrons. The number of anilines is 1. The molecule has 0 fully saturated rings. The van der Waals surface area contributed by atoms with E-state index in [4.69, 9.17) is 0 Å². The summed E-state index contributed by atoms with van der Waals surface area (Å²) in [6.45, 7) is 2.20. The Hall–Kier alpha value is -2.97. The van der Waals surface area contributed by atoms with E-state index in [9.17, 15) is 14.7 Å². The summed E-state index contributed by atoms with van der Waals surface area (Å²) in [5, 5.41) is 16.7. The van der Waals surface area contributed by atoms with Gasteiger partial charge in [0.2, 0.25) is 5.91 Å². The number of aromatic nitrogens is 1. The van der Waals surface area contributed by atoms with E-state index in [0.29, 0.717) is 19.4 Å². The molecule has 7 nitrogen and oxygen atoms in total. The van der Waals surface area contributed by atoms with Crippen LogP contribution < -0.4 is 15.5 Å². The van der Waals surface area contributed by atoms with Crippen LogP contribution >= 0.6 is 11.3 Å². The molecule has 1 heterocycles. The standard InChI is InChI=1S/C24H28N4O3S/c1-28(2)10-9-25-18-7-8-20-19(11-18)27-21(32-20)15-26-23(31)24(14-22(29)30)12-16-5-3-4-6-17(16)13-24/h3-8,11,25H,9-10,12-15H2,1-2H3,(H,26,31)(H,29,30)/p+1. The van der Waals surface area contributed by atoms with Crippen LogP contribution in [0.4, 0.5) is 5.69 Å². The van der Waals surface area contributed by atoms with Crippen molar-refractivity contribution in [2.45, 2.75) is 25.8 Å². The molecule has 1 amide bonds. The average Bonchev–Trinajstić information content (AvgIpc) is 3.31. The van der Waals surface area contributed by atoms with Gasteiger partial charge in [0.25, 0.3) is 0 Å². The normalized spacial score (nSPS) is 14.5. The summed E-state index contributed by atoms with van der Waals surface area (Å²) < 4.78 is 1.06. The van der Waals surface area contributed by atoms with Gasteiger partial charge in [-0.1, -0.05) is 24.3 Å². The number of nitrogens with one attached hydrogen (secondary N) is 3. The van der Waals surface area contributed by atoms with Crippen LogP contribution in [0, 0.1) is 5.41 Å². The Kier molecular flexibility index (Phi) is 6.43. The van der Waals surface area contributed by atoms with Gasteiger partial charge in [0.1, 0.15) is 5.01 Å². The molecule has 0 unspecified atom stereocenters. The first-order valence-corrected chi connectivity index (χ1v) is 11.7. The third-order valence-electron chi connectivity index (χ3n) is 5.93. The van der Waals surface area contributed by atoms with Crippen LogP contribution in [0.3, 0.4) is 0 Å². The van der Waals surface area contributed by atoms with Crippen molar-refractivity contribution < 1.29 is 19.6 Å². The van der Waals surface area contributed by atoms with Gasteiger partial charge in [0.05, 0.1) is 55.8 Å². The van der Waals surface area contributed by atoms with Crippen LogP contribution in [0.2, 0.25) is 0 Å². The van der Waals surface area contributed by atoms with Crippen LogP contribution in [0.5, 0.6) is 0 Å². The number of aliphatic carboxylic acids is 1. The van der Waals surface area contributed by atoms with Crippen LogP contribution in [-0.4, -0.2) is 49.2 Å². The molecule has 1 aliphatic rings. The van der Waals surface area contributed by atoms with E-state index in [1.165, 1.54) is 4.90 Å². The van der Waals surface area contributed by atoms with Gasteiger partial charge in [-0.25, -0.2) is 4.98 Å². The second-order valence-electron chi connectivity index (χ2n) is 8.83. The number of amides is 1. The molecule has 0 atom stereocenters. The molecule has 0 saturated carbocycles. The zero-order valence-corrected chi connectivity index (χ0v) is 19.2. The maximum Gasteiger partial charge on any atom is 0.304 e. The lowest BCUT2D eigenvalue weighted by molar-refractivity contribution is -0.856. The Morgan fingerprint density at radius 3 is 2.53 bits per heavy atom. The van der Waals surface area contributed by atoms with Crippen LogP contribution in [0.15, 0.2) is 42.5 Å². The molecule has 0 aliphatic heterocycles. The number of likely N-dealkylation sites (N-methyl/N-ethyl adjacent to an activating group) is 1. The van der Waals surface area contributed by atoms with Crippen molar-refractivity contribution in [3.8, 4) is 0 Å². The number of carboxylic acid groups (broad SMARTS) is 1. The fourth-order valence-electron chi connectivity index (χ4n) is 4.31. The van der Waals surface area contributed by atoms with Gasteiger partial charge >= 0.3 is 5.97 Å². The molecule has 2 aromatic carbocycles. The second kappa shape index (κ2) is 9.26. The van der Waals surface area contributed by atoms with E-state index in [1.807, 2.05) is 42.5 Å². The van der Waals surface area contributed by atoms with Gasteiger partial charge in [-0.3, -0.25) is 9.59 Å². The summed E-state index contributed by atoms with van der Waals surface area (Å²) in [5.74, 6) is -1.17. The predicted octanol–water partition coefficient (Wildman–Crippen LogP) is 1.73. The van der Waals surface area contributed by atoms with Gasteiger partial charge in [0.15, 0.2) is 0 Å². The zero-order valence-electron chi connectivity index (χ0n) is 18.4. The number of thiazole rings is 1. The summed E-state index contributed by atoms with van der Waals surface area (Å²) in [6.07, 6.45) is 0.715. The number of benzene rings is 2. The van der Waals surface area contributed by atoms with E-state index in [2.05, 4.69) is 29.7 Å². The van der Waals surface area contributed by atoms with E-state index in [0.717, 1.165) is 45.1 Å². The Morgan fingerprint density at radius 1 is 1.16 bits per heavy atom. The maximum atomic E-state index is 13.2. The molecule has 0 radical (unpaired) electrons. The van der Waals surface area contributed by atoms with Crippen molar-refractivity contribution in [1.29, 1.82) is 0 Å². The van der Waals surface area contributed by atoms with Gasteiger partial charge in [0, 0.05) is 5.69 Å². The first-order chi connectivity index (χ1) is 15.3. The van der Waals surface area contributed by atoms with Crippen molar-refractivity contribution in [3.05, 3.63) is 58.6 Å². The largest absolute Gasteiger partial charge is 0.481 e. The molecule has 4 N–H and O–H groups in total. The molecular weight excluding hydrogens is 424 g/mol. The Balaban J connectivity index is 1.43. The highest BCUT2D eigenvalue weighted by Gasteiger charge is 2.45. The Labute approximate surface area is 191 Å². The third-order valence-corrected chi connectivity index (χ3v) is 6.97. The lowest BCUT2D eigenvalue weighted by Crippen LogP contribution is -3.06. The van der Waals surface area contributed by atoms with Crippen molar-refractivity contribution >= 4 is 39.1 Å². The fraction of sp³-hybridized carbons (Fsp3) is 0.375. The summed E-state index contributed by atoms with van der Waals surface area (Å²) in [5.41, 5.74) is 3.09. The molecule has 0 spiro atoms. The van der Waals surface area contributed by atoms with Gasteiger partial charge in [-0.15, -0.1) is 11.3 Å². The molecule has 32 heavy (non-hydrogen) atoms. The van der Waals surface area contributed by atoms with Crippen molar-refractivity contribution in [1.82, 2.24) is 10.3 Å². The number of fused-ring (bicyclic) bond motifs is 2. The van der Waals surface area contributed by atoms with E-state index < -0.39 is 11.4 Å². The zero-order chi connectivity index (χ0) is 22.7. The van der Waals surface area contributed by atoms with Crippen molar-refractivity contribution in [2.24, 2.45) is 5.41 Å². The molecule has 1 aliphatic carbocycles. The van der Waals surface area contributed by atoms with Gasteiger partial charge < -0.3 is 20.6 Å². The first-order valence-electron chi connectivity index (χ1n) is 10.8. The highest BCUT2D eigenvalue weighted by molar-refractivity contribution is 7.18. The number of quaternary nitrogens is 1. The Bertz CT molecular complexity index is 1120. The highest BCUT2D eigenvalue weighted by atomic mass is 32.1. The molecule has 4 rings (SSSR count). The lowest BCUT2D eigenvalue weighted by atomic mass is 9.80. The minimum absolute atomic E-state index is 0.183. The van der Waals surface area contributed by atoms with E-state index >= 15 is 0 Å². The second-order valence-corrected chi connectivity index (χ2v) is 9.94. The topological polar surface area (TPSA) is 95.8 Å². The van der Waals surface area contributed by atoms with E-state index in [-0.39, 0.29) is 12.3 Å². The summed E-state index contributed by atoms with van der Waals surface area (Å²) in [6, 6.07) is 13.9. The summed E-state index contributed by atoms with van der Waals surface area (Å²) >= 11 is 1.55. The minimum atomic E-state index is -0.955. The molecule has 1 aromatic heterocycles. The van der Waals surface area contributed by atoms with Crippen molar-refractivity contribution in [3.63, 3.8) is 0 Å². The fourth-order valence-corrected chi connectivity index (χ4v) is 5.20. The highest BCUT2D eigenvalue weighted by Crippen LogP contribution is 2.40. The smallest absolute Gasteiger partial charge is 0.304 e. The number of rotatable bonds is 9. The number of hydrogen-bond donors (Lipinski definition) is 4. The Morgan fingerprint density at radius 2 is 1.88 bits per heavy atom. The quantitative estimate of drug-likeness (QED) is 0.396.